The maximum absolute atomic E-state index is 12.7. The molecule has 0 aliphatic heterocycles. The van der Waals surface area contributed by atoms with E-state index in [0.29, 0.717) is 18.8 Å². The van der Waals surface area contributed by atoms with Gasteiger partial charge in [-0.15, -0.1) is 0 Å². The highest BCUT2D eigenvalue weighted by Crippen LogP contribution is 2.29. The number of rotatable bonds is 7. The van der Waals surface area contributed by atoms with Crippen LogP contribution in [0.2, 0.25) is 0 Å². The number of carbonyl (C=O) groups excluding carboxylic acids is 1. The molecule has 1 aliphatic carbocycles. The molecule has 1 amide bonds. The Morgan fingerprint density at radius 1 is 1.31 bits per heavy atom. The van der Waals surface area contributed by atoms with Gasteiger partial charge in [0.25, 0.3) is 5.91 Å². The third-order valence-electron chi connectivity index (χ3n) is 4.61. The smallest absolute Gasteiger partial charge is 0.290 e. The molecular weight excluding hydrogens is 330 g/mol. The fourth-order valence-electron chi connectivity index (χ4n) is 3.01. The lowest BCUT2D eigenvalue weighted by Gasteiger charge is -2.21. The molecule has 134 valence electrons. The minimum absolute atomic E-state index is 0.0727. The maximum atomic E-state index is 12.7. The average Bonchev–Trinajstić information content (AvgIpc) is 3.18. The summed E-state index contributed by atoms with van der Waals surface area (Å²) >= 11 is 0. The van der Waals surface area contributed by atoms with E-state index in [2.05, 4.69) is 9.55 Å². The first kappa shape index (κ1) is 16.4. The van der Waals surface area contributed by atoms with E-state index in [-0.39, 0.29) is 11.9 Å². The van der Waals surface area contributed by atoms with Crippen LogP contribution in [-0.2, 0) is 13.1 Å². The number of benzene rings is 1. The van der Waals surface area contributed by atoms with Crippen LogP contribution in [0.15, 0.2) is 59.5 Å². The summed E-state index contributed by atoms with van der Waals surface area (Å²) in [4.78, 5) is 19.1. The van der Waals surface area contributed by atoms with Gasteiger partial charge in [-0.3, -0.25) is 4.79 Å². The molecule has 3 aromatic rings. The van der Waals surface area contributed by atoms with Gasteiger partial charge in [0.2, 0.25) is 0 Å². The van der Waals surface area contributed by atoms with E-state index in [1.807, 2.05) is 35.4 Å². The molecule has 0 spiro atoms. The van der Waals surface area contributed by atoms with Crippen molar-refractivity contribution in [3.63, 3.8) is 0 Å². The number of methoxy groups -OCH3 is 1. The summed E-state index contributed by atoms with van der Waals surface area (Å²) in [6, 6.07) is 11.7. The van der Waals surface area contributed by atoms with Gasteiger partial charge in [0.05, 0.1) is 19.9 Å². The quantitative estimate of drug-likeness (QED) is 0.655. The van der Waals surface area contributed by atoms with E-state index in [0.717, 1.165) is 30.0 Å². The van der Waals surface area contributed by atoms with Gasteiger partial charge in [-0.1, -0.05) is 12.1 Å². The molecule has 1 saturated carbocycles. The van der Waals surface area contributed by atoms with Crippen molar-refractivity contribution in [2.24, 2.45) is 0 Å². The Labute approximate surface area is 152 Å². The van der Waals surface area contributed by atoms with Gasteiger partial charge in [0.1, 0.15) is 11.6 Å². The van der Waals surface area contributed by atoms with Crippen LogP contribution in [0.25, 0.3) is 0 Å². The number of hydrogen-bond donors (Lipinski definition) is 0. The Morgan fingerprint density at radius 2 is 2.12 bits per heavy atom. The van der Waals surface area contributed by atoms with Crippen molar-refractivity contribution in [3.05, 3.63) is 72.2 Å². The topological polar surface area (TPSA) is 60.5 Å². The summed E-state index contributed by atoms with van der Waals surface area (Å²) < 4.78 is 12.6. The molecule has 1 aromatic carbocycles. The maximum Gasteiger partial charge on any atom is 0.290 e. The Morgan fingerprint density at radius 3 is 2.77 bits per heavy atom. The third kappa shape index (κ3) is 3.49. The third-order valence-corrected chi connectivity index (χ3v) is 4.61. The van der Waals surface area contributed by atoms with E-state index < -0.39 is 0 Å². The van der Waals surface area contributed by atoms with Crippen molar-refractivity contribution in [2.75, 3.05) is 7.11 Å². The molecule has 0 radical (unpaired) electrons. The van der Waals surface area contributed by atoms with Gasteiger partial charge in [-0.05, 0) is 42.7 Å². The summed E-state index contributed by atoms with van der Waals surface area (Å²) in [6.07, 6.45) is 7.32. The number of furan rings is 1. The first-order valence-electron chi connectivity index (χ1n) is 8.72. The zero-order valence-corrected chi connectivity index (χ0v) is 14.7. The molecular formula is C20H21N3O3. The fraction of sp³-hybridized carbons (Fsp3) is 0.300. The van der Waals surface area contributed by atoms with Crippen molar-refractivity contribution in [1.29, 1.82) is 0 Å². The predicted molar refractivity (Wildman–Crippen MR) is 95.9 cm³/mol. The minimum Gasteiger partial charge on any atom is -0.497 e. The monoisotopic (exact) mass is 351 g/mol. The Kier molecular flexibility index (Phi) is 4.48. The second-order valence-electron chi connectivity index (χ2n) is 6.46. The fourth-order valence-corrected chi connectivity index (χ4v) is 3.01. The Hall–Kier alpha value is -3.02. The number of hydrogen-bond acceptors (Lipinski definition) is 4. The number of imidazole rings is 1. The molecule has 0 unspecified atom stereocenters. The van der Waals surface area contributed by atoms with Gasteiger partial charge in [0.15, 0.2) is 5.76 Å². The number of carbonyl (C=O) groups is 1. The molecule has 2 heterocycles. The summed E-state index contributed by atoms with van der Waals surface area (Å²) in [5, 5.41) is 0. The zero-order valence-electron chi connectivity index (χ0n) is 14.7. The van der Waals surface area contributed by atoms with Crippen LogP contribution in [0.1, 0.15) is 34.8 Å². The van der Waals surface area contributed by atoms with Crippen molar-refractivity contribution in [1.82, 2.24) is 14.5 Å². The second kappa shape index (κ2) is 7.07. The molecule has 26 heavy (non-hydrogen) atoms. The molecule has 1 fully saturated rings. The lowest BCUT2D eigenvalue weighted by molar-refractivity contribution is 0.0691. The highest BCUT2D eigenvalue weighted by atomic mass is 16.5. The molecule has 2 aromatic heterocycles. The predicted octanol–water partition coefficient (Wildman–Crippen LogP) is 3.34. The van der Waals surface area contributed by atoms with E-state index in [4.69, 9.17) is 9.15 Å². The van der Waals surface area contributed by atoms with Crippen LogP contribution in [-0.4, -0.2) is 33.5 Å². The van der Waals surface area contributed by atoms with Gasteiger partial charge in [-0.25, -0.2) is 4.98 Å². The van der Waals surface area contributed by atoms with Crippen LogP contribution < -0.4 is 4.74 Å². The lowest BCUT2D eigenvalue weighted by Crippen LogP contribution is -2.33. The van der Waals surface area contributed by atoms with Crippen molar-refractivity contribution >= 4 is 5.91 Å². The van der Waals surface area contributed by atoms with E-state index >= 15 is 0 Å². The van der Waals surface area contributed by atoms with Gasteiger partial charge >= 0.3 is 0 Å². The second-order valence-corrected chi connectivity index (χ2v) is 6.46. The zero-order chi connectivity index (χ0) is 17.9. The van der Waals surface area contributed by atoms with Gasteiger partial charge in [0, 0.05) is 25.0 Å². The molecule has 6 heteroatoms. The number of amides is 1. The van der Waals surface area contributed by atoms with E-state index in [9.17, 15) is 4.79 Å². The molecule has 0 saturated heterocycles. The highest BCUT2D eigenvalue weighted by molar-refractivity contribution is 5.91. The van der Waals surface area contributed by atoms with Gasteiger partial charge < -0.3 is 18.6 Å². The van der Waals surface area contributed by atoms with Crippen LogP contribution in [0.5, 0.6) is 5.75 Å². The summed E-state index contributed by atoms with van der Waals surface area (Å²) in [5.41, 5.74) is 1.15. The standard InChI is InChI=1S/C20H21N3O3/c1-25-17-8-4-15(5-9-17)13-22-11-10-21-19(22)14-23(16-6-7-16)20(24)18-3-2-12-26-18/h2-5,8-12,16H,6-7,13-14H2,1H3. The highest BCUT2D eigenvalue weighted by Gasteiger charge is 2.34. The average molecular weight is 351 g/mol. The number of ether oxygens (including phenoxy) is 1. The van der Waals surface area contributed by atoms with Crippen LogP contribution >= 0.6 is 0 Å². The molecule has 1 aliphatic rings. The van der Waals surface area contributed by atoms with Gasteiger partial charge in [-0.2, -0.15) is 0 Å². The number of nitrogens with zero attached hydrogens (tertiary/aromatic N) is 3. The van der Waals surface area contributed by atoms with Crippen LogP contribution in [0.3, 0.4) is 0 Å². The van der Waals surface area contributed by atoms with E-state index in [1.54, 1.807) is 25.4 Å². The molecule has 0 bridgehead atoms. The summed E-state index contributed by atoms with van der Waals surface area (Å²) in [5.74, 6) is 2.01. The largest absolute Gasteiger partial charge is 0.497 e. The normalized spacial score (nSPS) is 13.6. The summed E-state index contributed by atoms with van der Waals surface area (Å²) in [7, 11) is 1.66. The van der Waals surface area contributed by atoms with Crippen LogP contribution in [0.4, 0.5) is 0 Å². The summed E-state index contributed by atoms with van der Waals surface area (Å²) in [6.45, 7) is 1.18. The van der Waals surface area contributed by atoms with E-state index in [1.165, 1.54) is 6.26 Å². The molecule has 6 nitrogen and oxygen atoms in total. The van der Waals surface area contributed by atoms with Crippen molar-refractivity contribution in [3.8, 4) is 5.75 Å². The van der Waals surface area contributed by atoms with Crippen molar-refractivity contribution < 1.29 is 13.9 Å². The molecule has 4 rings (SSSR count). The first-order chi connectivity index (χ1) is 12.7. The molecule has 0 atom stereocenters. The lowest BCUT2D eigenvalue weighted by atomic mass is 10.2. The SMILES string of the molecule is COc1ccc(Cn2ccnc2CN(C(=O)c2ccco2)C2CC2)cc1. The Balaban J connectivity index is 1.51. The minimum atomic E-state index is -0.0727. The Bertz CT molecular complexity index is 864. The van der Waals surface area contributed by atoms with Crippen LogP contribution in [0, 0.1) is 0 Å². The molecule has 0 N–H and O–H groups in total. The first-order valence-corrected chi connectivity index (χ1v) is 8.72. The number of aromatic nitrogens is 2. The van der Waals surface area contributed by atoms with Crippen molar-refractivity contribution in [2.45, 2.75) is 32.0 Å².